The number of nitrogens with zero attached hydrogens (tertiary/aromatic N) is 3. The molecular weight excluding hydrogens is 364 g/mol. The number of hydrogen-bond donors (Lipinski definition) is 1. The fourth-order valence-corrected chi connectivity index (χ4v) is 3.24. The van der Waals surface area contributed by atoms with Crippen molar-refractivity contribution in [1.82, 2.24) is 14.9 Å². The second kappa shape index (κ2) is 10.1. The molecule has 1 N–H and O–H groups in total. The molecule has 3 aromatic rings. The molecule has 154 valence electrons. The Morgan fingerprint density at radius 3 is 2.31 bits per heavy atom. The van der Waals surface area contributed by atoms with Crippen LogP contribution in [0.25, 0.3) is 22.3 Å². The van der Waals surface area contributed by atoms with Crippen molar-refractivity contribution in [2.45, 2.75) is 19.3 Å². The second-order valence-electron chi connectivity index (χ2n) is 7.28. The van der Waals surface area contributed by atoms with Gasteiger partial charge in [-0.15, -0.1) is 0 Å². The van der Waals surface area contributed by atoms with E-state index in [1.54, 1.807) is 14.2 Å². The van der Waals surface area contributed by atoms with Crippen LogP contribution in [-0.4, -0.2) is 56.3 Å². The van der Waals surface area contributed by atoms with Gasteiger partial charge in [0.2, 0.25) is 0 Å². The van der Waals surface area contributed by atoms with Gasteiger partial charge in [-0.3, -0.25) is 0 Å². The largest absolute Gasteiger partial charge is 0.493 e. The fourth-order valence-electron chi connectivity index (χ4n) is 3.24. The average Bonchev–Trinajstić information content (AvgIpc) is 2.75. The van der Waals surface area contributed by atoms with Gasteiger partial charge in [0.05, 0.1) is 19.7 Å². The summed E-state index contributed by atoms with van der Waals surface area (Å²) in [5.74, 6) is 2.85. The molecule has 0 atom stereocenters. The van der Waals surface area contributed by atoms with Gasteiger partial charge in [-0.2, -0.15) is 0 Å². The Balaban J connectivity index is 1.90. The summed E-state index contributed by atoms with van der Waals surface area (Å²) >= 11 is 0. The molecule has 0 aliphatic heterocycles. The Labute approximate surface area is 172 Å². The van der Waals surface area contributed by atoms with Gasteiger partial charge in [-0.25, -0.2) is 9.97 Å². The highest BCUT2D eigenvalue weighted by Gasteiger charge is 2.14. The third kappa shape index (κ3) is 5.35. The molecule has 0 amide bonds. The maximum absolute atomic E-state index is 5.48. The van der Waals surface area contributed by atoms with Gasteiger partial charge in [0.25, 0.3) is 0 Å². The standard InChI is InChI=1S/C23H30N4O2/c1-27(2)14-10-6-9-13-24-23-18-15-20(28-3)21(29-4)16-19(18)25-22(26-23)17-11-7-5-8-12-17/h5,7-8,11-12,15-16H,6,9-10,13-14H2,1-4H3,(H,24,25,26). The first-order valence-corrected chi connectivity index (χ1v) is 10.00. The number of benzene rings is 2. The molecule has 0 bridgehead atoms. The summed E-state index contributed by atoms with van der Waals surface area (Å²) < 4.78 is 10.9. The maximum Gasteiger partial charge on any atom is 0.162 e. The van der Waals surface area contributed by atoms with Crippen molar-refractivity contribution in [1.29, 1.82) is 0 Å². The molecule has 1 aromatic heterocycles. The van der Waals surface area contributed by atoms with E-state index in [9.17, 15) is 0 Å². The van der Waals surface area contributed by atoms with Crippen LogP contribution in [0.1, 0.15) is 19.3 Å². The van der Waals surface area contributed by atoms with E-state index in [0.29, 0.717) is 17.3 Å². The number of anilines is 1. The van der Waals surface area contributed by atoms with Crippen LogP contribution in [0, 0.1) is 0 Å². The quantitative estimate of drug-likeness (QED) is 0.513. The van der Waals surface area contributed by atoms with Crippen LogP contribution in [0.4, 0.5) is 5.82 Å². The van der Waals surface area contributed by atoms with Crippen LogP contribution >= 0.6 is 0 Å². The lowest BCUT2D eigenvalue weighted by Gasteiger charge is -2.14. The Hall–Kier alpha value is -2.86. The number of aromatic nitrogens is 2. The number of unbranched alkanes of at least 4 members (excludes halogenated alkanes) is 2. The minimum atomic E-state index is 0.660. The Morgan fingerprint density at radius 2 is 1.62 bits per heavy atom. The van der Waals surface area contributed by atoms with Gasteiger partial charge >= 0.3 is 0 Å². The molecule has 0 radical (unpaired) electrons. The van der Waals surface area contributed by atoms with Gasteiger partial charge in [0.1, 0.15) is 5.82 Å². The summed E-state index contributed by atoms with van der Waals surface area (Å²) in [6.07, 6.45) is 3.46. The number of fused-ring (bicyclic) bond motifs is 1. The lowest BCUT2D eigenvalue weighted by atomic mass is 10.1. The summed E-state index contributed by atoms with van der Waals surface area (Å²) in [5.41, 5.74) is 1.81. The molecule has 0 saturated heterocycles. The van der Waals surface area contributed by atoms with E-state index in [1.165, 1.54) is 12.8 Å². The van der Waals surface area contributed by atoms with Crippen molar-refractivity contribution in [3.05, 3.63) is 42.5 Å². The topological polar surface area (TPSA) is 59.5 Å². The van der Waals surface area contributed by atoms with Gasteiger partial charge < -0.3 is 19.7 Å². The zero-order valence-electron chi connectivity index (χ0n) is 17.7. The Kier molecular flexibility index (Phi) is 7.25. The SMILES string of the molecule is COc1cc2nc(-c3ccccc3)nc(NCCCCCN(C)C)c2cc1OC. The maximum atomic E-state index is 5.48. The zero-order valence-corrected chi connectivity index (χ0v) is 17.7. The van der Waals surface area contributed by atoms with E-state index in [-0.39, 0.29) is 0 Å². The molecule has 6 nitrogen and oxygen atoms in total. The first-order chi connectivity index (χ1) is 14.1. The van der Waals surface area contributed by atoms with Crippen molar-refractivity contribution in [3.8, 4) is 22.9 Å². The highest BCUT2D eigenvalue weighted by Crippen LogP contribution is 2.35. The normalized spacial score (nSPS) is 11.1. The molecule has 0 aliphatic rings. The number of methoxy groups -OCH3 is 2. The van der Waals surface area contributed by atoms with E-state index < -0.39 is 0 Å². The first-order valence-electron chi connectivity index (χ1n) is 10.00. The molecule has 3 rings (SSSR count). The highest BCUT2D eigenvalue weighted by atomic mass is 16.5. The van der Waals surface area contributed by atoms with Gasteiger partial charge in [0.15, 0.2) is 17.3 Å². The van der Waals surface area contributed by atoms with Crippen molar-refractivity contribution in [2.24, 2.45) is 0 Å². The zero-order chi connectivity index (χ0) is 20.6. The second-order valence-corrected chi connectivity index (χ2v) is 7.28. The summed E-state index contributed by atoms with van der Waals surface area (Å²) in [4.78, 5) is 11.8. The number of ether oxygens (including phenoxy) is 2. The molecule has 0 spiro atoms. The van der Waals surface area contributed by atoms with Crippen molar-refractivity contribution < 1.29 is 9.47 Å². The molecule has 29 heavy (non-hydrogen) atoms. The van der Waals surface area contributed by atoms with Crippen molar-refractivity contribution in [3.63, 3.8) is 0 Å². The fraction of sp³-hybridized carbons (Fsp3) is 0.391. The van der Waals surface area contributed by atoms with Crippen LogP contribution in [-0.2, 0) is 0 Å². The minimum Gasteiger partial charge on any atom is -0.493 e. The Morgan fingerprint density at radius 1 is 0.897 bits per heavy atom. The smallest absolute Gasteiger partial charge is 0.162 e. The van der Waals surface area contributed by atoms with E-state index in [4.69, 9.17) is 19.4 Å². The number of nitrogens with one attached hydrogen (secondary N) is 1. The molecule has 6 heteroatoms. The van der Waals surface area contributed by atoms with E-state index in [2.05, 4.69) is 24.3 Å². The van der Waals surface area contributed by atoms with E-state index >= 15 is 0 Å². The summed E-state index contributed by atoms with van der Waals surface area (Å²) in [5, 5.41) is 4.44. The van der Waals surface area contributed by atoms with Crippen molar-refractivity contribution >= 4 is 16.7 Å². The number of hydrogen-bond acceptors (Lipinski definition) is 6. The lowest BCUT2D eigenvalue weighted by molar-refractivity contribution is 0.356. The van der Waals surface area contributed by atoms with Crippen LogP contribution in [0.3, 0.4) is 0 Å². The van der Waals surface area contributed by atoms with Gasteiger partial charge in [-0.05, 0) is 39.5 Å². The summed E-state index contributed by atoms with van der Waals surface area (Å²) in [6.45, 7) is 1.98. The van der Waals surface area contributed by atoms with E-state index in [1.807, 2.05) is 42.5 Å². The first kappa shape index (κ1) is 20.9. The molecule has 1 heterocycles. The van der Waals surface area contributed by atoms with Crippen molar-refractivity contribution in [2.75, 3.05) is 46.7 Å². The average molecular weight is 395 g/mol. The molecule has 0 fully saturated rings. The lowest BCUT2D eigenvalue weighted by Crippen LogP contribution is -2.13. The van der Waals surface area contributed by atoms with Crippen LogP contribution in [0.5, 0.6) is 11.5 Å². The summed E-state index contributed by atoms with van der Waals surface area (Å²) in [7, 11) is 7.49. The minimum absolute atomic E-state index is 0.660. The molecular formula is C23H30N4O2. The molecule has 0 aliphatic carbocycles. The van der Waals surface area contributed by atoms with Crippen LogP contribution in [0.2, 0.25) is 0 Å². The Bertz CT molecular complexity index is 929. The van der Waals surface area contributed by atoms with Crippen LogP contribution < -0.4 is 14.8 Å². The van der Waals surface area contributed by atoms with Gasteiger partial charge in [0, 0.05) is 23.6 Å². The molecule has 2 aromatic carbocycles. The number of rotatable bonds is 10. The molecule has 0 saturated carbocycles. The predicted molar refractivity (Wildman–Crippen MR) is 119 cm³/mol. The highest BCUT2D eigenvalue weighted by molar-refractivity contribution is 5.93. The monoisotopic (exact) mass is 394 g/mol. The predicted octanol–water partition coefficient (Wildman–Crippen LogP) is 4.46. The third-order valence-corrected chi connectivity index (χ3v) is 4.81. The van der Waals surface area contributed by atoms with E-state index in [0.717, 1.165) is 41.8 Å². The third-order valence-electron chi connectivity index (χ3n) is 4.81. The molecule has 0 unspecified atom stereocenters. The summed E-state index contributed by atoms with van der Waals surface area (Å²) in [6, 6.07) is 13.9. The van der Waals surface area contributed by atoms with Gasteiger partial charge in [-0.1, -0.05) is 36.8 Å². The van der Waals surface area contributed by atoms with Crippen LogP contribution in [0.15, 0.2) is 42.5 Å².